The molecule has 4 aliphatic rings. The summed E-state index contributed by atoms with van der Waals surface area (Å²) in [6.45, 7) is 4.65. The van der Waals surface area contributed by atoms with E-state index in [0.717, 1.165) is 50.1 Å². The predicted molar refractivity (Wildman–Crippen MR) is 112 cm³/mol. The summed E-state index contributed by atoms with van der Waals surface area (Å²) in [6, 6.07) is -0.261. The molecule has 0 aromatic heterocycles. The molecule has 4 unspecified atom stereocenters. The quantitative estimate of drug-likeness (QED) is 0.337. The number of aliphatic hydroxyl groups is 1. The van der Waals surface area contributed by atoms with Crippen LogP contribution in [0.4, 0.5) is 4.79 Å². The van der Waals surface area contributed by atoms with Crippen molar-refractivity contribution in [3.8, 4) is 0 Å². The third-order valence-corrected chi connectivity index (χ3v) is 8.01. The number of esters is 1. The molecule has 31 heavy (non-hydrogen) atoms. The fourth-order valence-corrected chi connectivity index (χ4v) is 6.16. The van der Waals surface area contributed by atoms with Crippen LogP contribution in [0.2, 0.25) is 0 Å². The molecule has 0 spiro atoms. The zero-order valence-corrected chi connectivity index (χ0v) is 18.7. The Morgan fingerprint density at radius 1 is 1.23 bits per heavy atom. The van der Waals surface area contributed by atoms with E-state index in [-0.39, 0.29) is 29.7 Å². The second-order valence-electron chi connectivity index (χ2n) is 8.69. The summed E-state index contributed by atoms with van der Waals surface area (Å²) in [7, 11) is 0. The van der Waals surface area contributed by atoms with Gasteiger partial charge in [-0.25, -0.2) is 9.59 Å². The van der Waals surface area contributed by atoms with E-state index in [9.17, 15) is 19.5 Å². The van der Waals surface area contributed by atoms with E-state index in [4.69, 9.17) is 14.2 Å². The number of fused-ring (bicyclic) bond motifs is 1. The Bertz CT molecular complexity index is 761. The molecule has 0 radical (unpaired) electrons. The van der Waals surface area contributed by atoms with Crippen molar-refractivity contribution in [2.45, 2.75) is 69.5 Å². The minimum absolute atomic E-state index is 0.0809. The lowest BCUT2D eigenvalue weighted by Crippen LogP contribution is -2.63. The Kier molecular flexibility index (Phi) is 6.78. The number of rotatable bonds is 7. The summed E-state index contributed by atoms with van der Waals surface area (Å²) in [4.78, 5) is 39.6. The van der Waals surface area contributed by atoms with Crippen molar-refractivity contribution in [1.29, 1.82) is 0 Å². The summed E-state index contributed by atoms with van der Waals surface area (Å²) in [5, 5.41) is 13.5. The minimum Gasteiger partial charge on any atom is -0.431 e. The van der Waals surface area contributed by atoms with Gasteiger partial charge in [-0.15, -0.1) is 11.8 Å². The number of carbonyl (C=O) groups is 3. The van der Waals surface area contributed by atoms with Crippen LogP contribution >= 0.6 is 11.8 Å². The molecule has 3 heterocycles. The second kappa shape index (κ2) is 9.38. The number of aliphatic hydroxyl groups excluding tert-OH is 1. The number of carbonyl (C=O) groups excluding carboxylic acids is 3. The first-order valence-electron chi connectivity index (χ1n) is 11.0. The van der Waals surface area contributed by atoms with E-state index < -0.39 is 30.9 Å². The smallest absolute Gasteiger partial charge is 0.431 e. The Hall–Kier alpha value is -1.78. The maximum atomic E-state index is 12.9. The first-order valence-corrected chi connectivity index (χ1v) is 11.9. The molecule has 9 nitrogen and oxygen atoms in total. The summed E-state index contributed by atoms with van der Waals surface area (Å²) in [6.07, 6.45) is 3.04. The highest BCUT2D eigenvalue weighted by Crippen LogP contribution is 2.51. The normalized spacial score (nSPS) is 29.7. The van der Waals surface area contributed by atoms with Crippen LogP contribution in [0.15, 0.2) is 10.6 Å². The summed E-state index contributed by atoms with van der Waals surface area (Å²) in [5.74, 6) is -1.59. The van der Waals surface area contributed by atoms with Crippen molar-refractivity contribution in [3.63, 3.8) is 0 Å². The molecule has 0 bridgehead atoms. The molecule has 1 amide bonds. The molecule has 1 saturated carbocycles. The highest BCUT2D eigenvalue weighted by molar-refractivity contribution is 8.03. The third-order valence-electron chi connectivity index (χ3n) is 6.52. The van der Waals surface area contributed by atoms with Gasteiger partial charge >= 0.3 is 12.1 Å². The van der Waals surface area contributed by atoms with E-state index >= 15 is 0 Å². The number of amides is 1. The standard InChI is InChI=1S/C21H30N2O7S/c1-11-16-15(12(2)24)19(25)23(16)17(18(11)31-14-8-22-9-14)20(26)28-10-29-21(27)30-13-6-4-3-5-7-13/h11-16,22,24H,3-10H2,1-2H3. The van der Waals surface area contributed by atoms with Crippen molar-refractivity contribution < 1.29 is 33.7 Å². The Balaban J connectivity index is 1.38. The number of β-lactam (4-membered cyclic amide) rings is 1. The van der Waals surface area contributed by atoms with Gasteiger partial charge in [0.25, 0.3) is 0 Å². The average Bonchev–Trinajstić information content (AvgIpc) is 2.93. The Labute approximate surface area is 185 Å². The van der Waals surface area contributed by atoms with Gasteiger partial charge in [0.2, 0.25) is 12.7 Å². The molecular weight excluding hydrogens is 424 g/mol. The van der Waals surface area contributed by atoms with Crippen LogP contribution < -0.4 is 5.32 Å². The van der Waals surface area contributed by atoms with Gasteiger partial charge in [0.1, 0.15) is 11.8 Å². The van der Waals surface area contributed by atoms with Gasteiger partial charge in [-0.05, 0) is 32.6 Å². The van der Waals surface area contributed by atoms with Crippen molar-refractivity contribution >= 4 is 29.8 Å². The van der Waals surface area contributed by atoms with Crippen molar-refractivity contribution in [3.05, 3.63) is 10.6 Å². The molecule has 2 saturated heterocycles. The predicted octanol–water partition coefficient (Wildman–Crippen LogP) is 1.75. The van der Waals surface area contributed by atoms with Crippen LogP contribution in [-0.2, 0) is 23.8 Å². The molecule has 3 fully saturated rings. The number of thioether (sulfide) groups is 1. The summed E-state index contributed by atoms with van der Waals surface area (Å²) in [5.41, 5.74) is 0.209. The van der Waals surface area contributed by atoms with Crippen LogP contribution in [-0.4, -0.2) is 71.4 Å². The molecule has 2 N–H and O–H groups in total. The number of nitrogens with zero attached hydrogens (tertiary/aromatic N) is 1. The zero-order valence-electron chi connectivity index (χ0n) is 17.9. The fraction of sp³-hybridized carbons (Fsp3) is 0.762. The van der Waals surface area contributed by atoms with Gasteiger partial charge in [-0.1, -0.05) is 13.3 Å². The van der Waals surface area contributed by atoms with Gasteiger partial charge < -0.3 is 29.5 Å². The van der Waals surface area contributed by atoms with E-state index in [1.807, 2.05) is 6.92 Å². The van der Waals surface area contributed by atoms with Crippen molar-refractivity contribution in [2.75, 3.05) is 19.9 Å². The number of ether oxygens (including phenoxy) is 3. The molecular formula is C21H30N2O7S. The maximum Gasteiger partial charge on any atom is 0.511 e. The Morgan fingerprint density at radius 3 is 2.55 bits per heavy atom. The molecule has 172 valence electrons. The molecule has 0 aromatic rings. The largest absolute Gasteiger partial charge is 0.511 e. The van der Waals surface area contributed by atoms with Crippen LogP contribution in [0.5, 0.6) is 0 Å². The van der Waals surface area contributed by atoms with E-state index in [1.54, 1.807) is 18.7 Å². The first kappa shape index (κ1) is 22.4. The van der Waals surface area contributed by atoms with E-state index in [2.05, 4.69) is 5.32 Å². The van der Waals surface area contributed by atoms with Crippen molar-refractivity contribution in [1.82, 2.24) is 10.2 Å². The lowest BCUT2D eigenvalue weighted by Gasteiger charge is -2.46. The molecule has 0 aromatic carbocycles. The van der Waals surface area contributed by atoms with Gasteiger partial charge in [0.15, 0.2) is 0 Å². The molecule has 4 rings (SSSR count). The SMILES string of the molecule is CC(O)C1C(=O)N2C(C(=O)OCOC(=O)OC3CCCCC3)=C(SC3CNC3)C(C)C12. The molecule has 3 aliphatic heterocycles. The maximum absolute atomic E-state index is 12.9. The number of nitrogens with one attached hydrogen (secondary N) is 1. The Morgan fingerprint density at radius 2 is 1.94 bits per heavy atom. The molecule has 1 aliphatic carbocycles. The average molecular weight is 455 g/mol. The van der Waals surface area contributed by atoms with Gasteiger partial charge in [0, 0.05) is 29.2 Å². The molecule has 10 heteroatoms. The molecule has 4 atom stereocenters. The summed E-state index contributed by atoms with van der Waals surface area (Å²) >= 11 is 1.57. The third kappa shape index (κ3) is 4.42. The summed E-state index contributed by atoms with van der Waals surface area (Å²) < 4.78 is 15.4. The van der Waals surface area contributed by atoms with Crippen LogP contribution in [0.3, 0.4) is 0 Å². The minimum atomic E-state index is -0.851. The van der Waals surface area contributed by atoms with Gasteiger partial charge in [0.05, 0.1) is 18.1 Å². The van der Waals surface area contributed by atoms with E-state index in [0.29, 0.717) is 5.25 Å². The lowest BCUT2D eigenvalue weighted by atomic mass is 9.79. The van der Waals surface area contributed by atoms with Gasteiger partial charge in [-0.2, -0.15) is 0 Å². The van der Waals surface area contributed by atoms with Crippen molar-refractivity contribution in [2.24, 2.45) is 11.8 Å². The highest BCUT2D eigenvalue weighted by Gasteiger charge is 2.60. The number of hydrogen-bond donors (Lipinski definition) is 2. The fourth-order valence-electron chi connectivity index (χ4n) is 4.75. The topological polar surface area (TPSA) is 114 Å². The number of hydrogen-bond acceptors (Lipinski definition) is 9. The highest BCUT2D eigenvalue weighted by atomic mass is 32.2. The monoisotopic (exact) mass is 454 g/mol. The first-order chi connectivity index (χ1) is 14.9. The lowest BCUT2D eigenvalue weighted by molar-refractivity contribution is -0.167. The van der Waals surface area contributed by atoms with Crippen LogP contribution in [0, 0.1) is 11.8 Å². The van der Waals surface area contributed by atoms with Crippen LogP contribution in [0.25, 0.3) is 0 Å². The zero-order chi connectivity index (χ0) is 22.1. The van der Waals surface area contributed by atoms with E-state index in [1.165, 1.54) is 4.90 Å². The van der Waals surface area contributed by atoms with Crippen LogP contribution in [0.1, 0.15) is 46.0 Å². The van der Waals surface area contributed by atoms with Gasteiger partial charge in [-0.3, -0.25) is 4.79 Å². The second-order valence-corrected chi connectivity index (χ2v) is 10.0.